The van der Waals surface area contributed by atoms with Crippen molar-refractivity contribution in [3.05, 3.63) is 70.2 Å². The zero-order chi connectivity index (χ0) is 15.2. The molecule has 0 unspecified atom stereocenters. The summed E-state index contributed by atoms with van der Waals surface area (Å²) in [4.78, 5) is 0. The molecule has 21 heavy (non-hydrogen) atoms. The Bertz CT molecular complexity index is 643. The van der Waals surface area contributed by atoms with E-state index in [1.807, 2.05) is 42.5 Å². The van der Waals surface area contributed by atoms with Gasteiger partial charge in [0.15, 0.2) is 5.84 Å². The monoisotopic (exact) mass is 303 g/mol. The van der Waals surface area contributed by atoms with Crippen molar-refractivity contribution in [2.75, 3.05) is 0 Å². The minimum atomic E-state index is 0.111. The topological polar surface area (TPSA) is 70.6 Å². The number of amidine groups is 1. The number of oxime groups is 1. The van der Waals surface area contributed by atoms with Crippen LogP contribution >= 0.6 is 11.6 Å². The van der Waals surface area contributed by atoms with Gasteiger partial charge in [-0.25, -0.2) is 0 Å². The Kier molecular flexibility index (Phi) is 5.20. The van der Waals surface area contributed by atoms with Gasteiger partial charge in [-0.3, -0.25) is 0 Å². The summed E-state index contributed by atoms with van der Waals surface area (Å²) >= 11 is 6.00. The lowest BCUT2D eigenvalue weighted by Gasteiger charge is -2.15. The van der Waals surface area contributed by atoms with Crippen molar-refractivity contribution in [3.8, 4) is 0 Å². The Morgan fingerprint density at radius 3 is 2.76 bits per heavy atom. The first-order chi connectivity index (χ1) is 10.1. The molecule has 0 saturated heterocycles. The molecule has 1 atom stereocenters. The van der Waals surface area contributed by atoms with Crippen molar-refractivity contribution in [3.63, 3.8) is 0 Å². The highest BCUT2D eigenvalue weighted by atomic mass is 35.5. The van der Waals surface area contributed by atoms with Crippen molar-refractivity contribution < 1.29 is 5.21 Å². The van der Waals surface area contributed by atoms with Gasteiger partial charge in [-0.1, -0.05) is 47.1 Å². The maximum absolute atomic E-state index is 8.71. The predicted octanol–water partition coefficient (Wildman–Crippen LogP) is 3.29. The van der Waals surface area contributed by atoms with E-state index in [1.165, 1.54) is 0 Å². The minimum absolute atomic E-state index is 0.111. The third-order valence-electron chi connectivity index (χ3n) is 3.29. The number of nitrogens with one attached hydrogen (secondary N) is 1. The van der Waals surface area contributed by atoms with Crippen LogP contribution in [0.25, 0.3) is 0 Å². The van der Waals surface area contributed by atoms with Crippen LogP contribution in [0, 0.1) is 0 Å². The molecule has 0 radical (unpaired) electrons. The lowest BCUT2D eigenvalue weighted by molar-refractivity contribution is 0.318. The fourth-order valence-corrected chi connectivity index (χ4v) is 2.26. The molecule has 0 fully saturated rings. The molecule has 4 N–H and O–H groups in total. The summed E-state index contributed by atoms with van der Waals surface area (Å²) in [6.45, 7) is 2.76. The van der Waals surface area contributed by atoms with E-state index in [0.717, 1.165) is 16.1 Å². The van der Waals surface area contributed by atoms with Gasteiger partial charge in [0.1, 0.15) is 0 Å². The van der Waals surface area contributed by atoms with Crippen molar-refractivity contribution in [1.29, 1.82) is 0 Å². The Hall–Kier alpha value is -2.04. The molecule has 0 aromatic heterocycles. The average Bonchev–Trinajstić information content (AvgIpc) is 2.52. The van der Waals surface area contributed by atoms with Crippen LogP contribution in [0.2, 0.25) is 5.02 Å². The van der Waals surface area contributed by atoms with Crippen LogP contribution in [0.1, 0.15) is 29.7 Å². The number of hydrogen-bond donors (Lipinski definition) is 3. The van der Waals surface area contributed by atoms with Crippen molar-refractivity contribution in [1.82, 2.24) is 5.32 Å². The first-order valence-electron chi connectivity index (χ1n) is 6.66. The summed E-state index contributed by atoms with van der Waals surface area (Å²) in [7, 11) is 0. The first-order valence-corrected chi connectivity index (χ1v) is 7.03. The van der Waals surface area contributed by atoms with Gasteiger partial charge < -0.3 is 16.3 Å². The summed E-state index contributed by atoms with van der Waals surface area (Å²) in [5, 5.41) is 15.9. The minimum Gasteiger partial charge on any atom is -0.409 e. The molecule has 110 valence electrons. The van der Waals surface area contributed by atoms with E-state index < -0.39 is 0 Å². The second-order valence-electron chi connectivity index (χ2n) is 4.84. The van der Waals surface area contributed by atoms with Gasteiger partial charge in [-0.2, -0.15) is 0 Å². The second-order valence-corrected chi connectivity index (χ2v) is 5.28. The largest absolute Gasteiger partial charge is 0.409 e. The van der Waals surface area contributed by atoms with E-state index in [1.54, 1.807) is 6.07 Å². The normalized spacial score (nSPS) is 13.1. The summed E-state index contributed by atoms with van der Waals surface area (Å²) in [5.41, 5.74) is 8.49. The van der Waals surface area contributed by atoms with Gasteiger partial charge in [0.25, 0.3) is 0 Å². The maximum Gasteiger partial charge on any atom is 0.170 e. The van der Waals surface area contributed by atoms with Gasteiger partial charge in [0, 0.05) is 23.2 Å². The zero-order valence-electron chi connectivity index (χ0n) is 11.8. The summed E-state index contributed by atoms with van der Waals surface area (Å²) in [6, 6.07) is 15.5. The number of hydrogen-bond acceptors (Lipinski definition) is 3. The Morgan fingerprint density at radius 2 is 2.05 bits per heavy atom. The SMILES string of the molecule is C[C@H](NCc1cccc(/C(N)=N/O)c1)c1cccc(Cl)c1. The summed E-state index contributed by atoms with van der Waals surface area (Å²) in [6.07, 6.45) is 0. The fourth-order valence-electron chi connectivity index (χ4n) is 2.06. The molecule has 0 aliphatic heterocycles. The van der Waals surface area contributed by atoms with Gasteiger partial charge in [0.05, 0.1) is 0 Å². The van der Waals surface area contributed by atoms with Gasteiger partial charge in [-0.05, 0) is 36.2 Å². The van der Waals surface area contributed by atoms with Crippen molar-refractivity contribution >= 4 is 17.4 Å². The molecule has 0 aliphatic carbocycles. The van der Waals surface area contributed by atoms with Crippen LogP contribution in [0.4, 0.5) is 0 Å². The summed E-state index contributed by atoms with van der Waals surface area (Å²) in [5.74, 6) is 0.111. The molecule has 5 heteroatoms. The third kappa shape index (κ3) is 4.21. The predicted molar refractivity (Wildman–Crippen MR) is 85.7 cm³/mol. The number of benzene rings is 2. The number of rotatable bonds is 5. The molecule has 0 aliphatic rings. The van der Waals surface area contributed by atoms with Crippen molar-refractivity contribution in [2.24, 2.45) is 10.9 Å². The molecule has 0 saturated carbocycles. The van der Waals surface area contributed by atoms with Crippen molar-refractivity contribution in [2.45, 2.75) is 19.5 Å². The van der Waals surface area contributed by atoms with E-state index in [2.05, 4.69) is 17.4 Å². The highest BCUT2D eigenvalue weighted by Crippen LogP contribution is 2.18. The van der Waals surface area contributed by atoms with E-state index >= 15 is 0 Å². The zero-order valence-corrected chi connectivity index (χ0v) is 12.5. The highest BCUT2D eigenvalue weighted by molar-refractivity contribution is 6.30. The smallest absolute Gasteiger partial charge is 0.170 e. The lowest BCUT2D eigenvalue weighted by atomic mass is 10.1. The number of halogens is 1. The van der Waals surface area contributed by atoms with Crippen LogP contribution in [0.15, 0.2) is 53.7 Å². The van der Waals surface area contributed by atoms with Crippen LogP contribution in [0.5, 0.6) is 0 Å². The van der Waals surface area contributed by atoms with Crippen LogP contribution in [0.3, 0.4) is 0 Å². The average molecular weight is 304 g/mol. The number of nitrogens with two attached hydrogens (primary N) is 1. The standard InChI is InChI=1S/C16H18ClN3O/c1-11(13-5-3-7-15(17)9-13)19-10-12-4-2-6-14(8-12)16(18)20-21/h2-9,11,19,21H,10H2,1H3,(H2,18,20)/t11-/m0/s1. The van der Waals surface area contributed by atoms with Crippen LogP contribution in [-0.2, 0) is 6.54 Å². The molecule has 2 aromatic carbocycles. The molecule has 2 aromatic rings. The molecule has 0 bridgehead atoms. The maximum atomic E-state index is 8.71. The number of nitrogens with zero attached hydrogens (tertiary/aromatic N) is 1. The van der Waals surface area contributed by atoms with Crippen LogP contribution in [-0.4, -0.2) is 11.0 Å². The van der Waals surface area contributed by atoms with E-state index in [-0.39, 0.29) is 11.9 Å². The summed E-state index contributed by atoms with van der Waals surface area (Å²) < 4.78 is 0. The molecular formula is C16H18ClN3O. The Balaban J connectivity index is 2.03. The van der Waals surface area contributed by atoms with E-state index in [4.69, 9.17) is 22.5 Å². The highest BCUT2D eigenvalue weighted by Gasteiger charge is 2.06. The van der Waals surface area contributed by atoms with Crippen LogP contribution < -0.4 is 11.1 Å². The first kappa shape index (κ1) is 15.4. The second kappa shape index (κ2) is 7.11. The fraction of sp³-hybridized carbons (Fsp3) is 0.188. The van der Waals surface area contributed by atoms with Gasteiger partial charge in [-0.15, -0.1) is 0 Å². The Labute approximate surface area is 129 Å². The van der Waals surface area contributed by atoms with Gasteiger partial charge >= 0.3 is 0 Å². The Morgan fingerprint density at radius 1 is 1.29 bits per heavy atom. The molecule has 2 rings (SSSR count). The molecule has 0 heterocycles. The molecule has 0 spiro atoms. The quantitative estimate of drug-likeness (QED) is 0.343. The third-order valence-corrected chi connectivity index (χ3v) is 3.53. The van der Waals surface area contributed by atoms with E-state index in [0.29, 0.717) is 12.1 Å². The van der Waals surface area contributed by atoms with Gasteiger partial charge in [0.2, 0.25) is 0 Å². The van der Waals surface area contributed by atoms with E-state index in [9.17, 15) is 0 Å². The molecule has 0 amide bonds. The molecule has 4 nitrogen and oxygen atoms in total. The molecular weight excluding hydrogens is 286 g/mol. The lowest BCUT2D eigenvalue weighted by Crippen LogP contribution is -2.19.